The number of imidazole rings is 1. The van der Waals surface area contributed by atoms with Crippen LogP contribution in [0.15, 0.2) is 48.8 Å². The molecule has 9 nitrogen and oxygen atoms in total. The number of nitrogens with zero attached hydrogens (tertiary/aromatic N) is 5. The minimum Gasteiger partial charge on any atom is -0.395 e. The molecule has 2 aliphatic rings. The Kier molecular flexibility index (Phi) is 7.41. The van der Waals surface area contributed by atoms with Crippen molar-refractivity contribution in [1.82, 2.24) is 29.7 Å². The van der Waals surface area contributed by atoms with Crippen molar-refractivity contribution in [2.75, 3.05) is 52.4 Å². The molecular formula is C23H30N6O3. The Bertz CT molecular complexity index is 913. The second-order valence-corrected chi connectivity index (χ2v) is 8.29. The zero-order valence-corrected chi connectivity index (χ0v) is 18.2. The van der Waals surface area contributed by atoms with Gasteiger partial charge in [-0.25, -0.2) is 9.97 Å². The molecule has 2 fully saturated rings. The Morgan fingerprint density at radius 1 is 1.06 bits per heavy atom. The summed E-state index contributed by atoms with van der Waals surface area (Å²) < 4.78 is 1.81. The molecule has 0 aromatic carbocycles. The summed E-state index contributed by atoms with van der Waals surface area (Å²) in [4.78, 5) is 38.3. The van der Waals surface area contributed by atoms with Crippen LogP contribution in [0.4, 0.5) is 0 Å². The lowest BCUT2D eigenvalue weighted by Crippen LogP contribution is -2.48. The molecule has 1 aliphatic heterocycles. The van der Waals surface area contributed by atoms with Crippen LogP contribution in [0.2, 0.25) is 0 Å². The molecule has 1 saturated heterocycles. The first-order chi connectivity index (χ1) is 15.6. The third kappa shape index (κ3) is 5.48. The number of carbonyl (C=O) groups is 2. The molecule has 0 unspecified atom stereocenters. The van der Waals surface area contributed by atoms with Crippen LogP contribution in [-0.4, -0.2) is 93.4 Å². The molecule has 0 bridgehead atoms. The van der Waals surface area contributed by atoms with E-state index in [0.717, 1.165) is 50.6 Å². The maximum Gasteiger partial charge on any atom is 0.168 e. The van der Waals surface area contributed by atoms with Gasteiger partial charge < -0.3 is 10.4 Å². The smallest absolute Gasteiger partial charge is 0.168 e. The Morgan fingerprint density at radius 2 is 1.78 bits per heavy atom. The fourth-order valence-corrected chi connectivity index (χ4v) is 4.25. The SMILES string of the molecule is O=C1CC(c2ccc(-n3ccnc3)nc2)CC(=O)C1=CNCCN1CCN(CCO)CC1. The second kappa shape index (κ2) is 10.6. The Hall–Kier alpha value is -2.88. The summed E-state index contributed by atoms with van der Waals surface area (Å²) in [5, 5.41) is 12.2. The van der Waals surface area contributed by atoms with Crippen molar-refractivity contribution in [3.8, 4) is 5.82 Å². The summed E-state index contributed by atoms with van der Waals surface area (Å²) in [6.45, 7) is 6.32. The Balaban J connectivity index is 1.25. The first kappa shape index (κ1) is 22.3. The second-order valence-electron chi connectivity index (χ2n) is 8.29. The zero-order chi connectivity index (χ0) is 22.3. The highest BCUT2D eigenvalue weighted by Crippen LogP contribution is 2.31. The molecule has 2 aromatic rings. The van der Waals surface area contributed by atoms with E-state index in [1.165, 1.54) is 0 Å². The maximum absolute atomic E-state index is 12.6. The van der Waals surface area contributed by atoms with Gasteiger partial charge in [-0.05, 0) is 17.5 Å². The molecule has 1 saturated carbocycles. The van der Waals surface area contributed by atoms with Gasteiger partial charge in [0.25, 0.3) is 0 Å². The lowest BCUT2D eigenvalue weighted by atomic mass is 9.81. The lowest BCUT2D eigenvalue weighted by molar-refractivity contribution is -0.124. The molecule has 0 radical (unpaired) electrons. The van der Waals surface area contributed by atoms with Gasteiger partial charge in [-0.15, -0.1) is 0 Å². The number of ketones is 2. The van der Waals surface area contributed by atoms with Crippen molar-refractivity contribution in [2.24, 2.45) is 0 Å². The van der Waals surface area contributed by atoms with Gasteiger partial charge in [0.05, 0.1) is 12.2 Å². The van der Waals surface area contributed by atoms with Crippen LogP contribution >= 0.6 is 0 Å². The summed E-state index contributed by atoms with van der Waals surface area (Å²) in [5.74, 6) is 0.385. The number of hydrogen-bond acceptors (Lipinski definition) is 8. The van der Waals surface area contributed by atoms with Crippen LogP contribution in [0.1, 0.15) is 24.3 Å². The molecule has 0 atom stereocenters. The van der Waals surface area contributed by atoms with Gasteiger partial charge in [0.1, 0.15) is 12.1 Å². The number of carbonyl (C=O) groups excluding carboxylic acids is 2. The van der Waals surface area contributed by atoms with Crippen molar-refractivity contribution in [3.63, 3.8) is 0 Å². The molecule has 0 spiro atoms. The number of allylic oxidation sites excluding steroid dienone is 1. The van der Waals surface area contributed by atoms with E-state index in [4.69, 9.17) is 5.11 Å². The highest BCUT2D eigenvalue weighted by molar-refractivity contribution is 6.22. The van der Waals surface area contributed by atoms with Crippen molar-refractivity contribution in [3.05, 3.63) is 54.4 Å². The van der Waals surface area contributed by atoms with Gasteiger partial charge >= 0.3 is 0 Å². The lowest BCUT2D eigenvalue weighted by Gasteiger charge is -2.34. The molecule has 2 N–H and O–H groups in total. The predicted molar refractivity (Wildman–Crippen MR) is 119 cm³/mol. The third-order valence-electron chi connectivity index (χ3n) is 6.18. The van der Waals surface area contributed by atoms with Crippen LogP contribution in [0.5, 0.6) is 0 Å². The number of piperazine rings is 1. The summed E-state index contributed by atoms with van der Waals surface area (Å²) >= 11 is 0. The molecule has 0 amide bonds. The molecule has 1 aliphatic carbocycles. The highest BCUT2D eigenvalue weighted by atomic mass is 16.3. The quantitative estimate of drug-likeness (QED) is 0.346. The molecule has 3 heterocycles. The summed E-state index contributed by atoms with van der Waals surface area (Å²) in [7, 11) is 0. The number of rotatable bonds is 8. The number of β-amino-alcohol motifs (C(OH)–C–C–N with tert-alkyl or cyclic N) is 1. The average Bonchev–Trinajstić information content (AvgIpc) is 3.34. The monoisotopic (exact) mass is 438 g/mol. The van der Waals surface area contributed by atoms with E-state index in [2.05, 4.69) is 25.1 Å². The first-order valence-electron chi connectivity index (χ1n) is 11.1. The predicted octanol–water partition coefficient (Wildman–Crippen LogP) is 0.366. The fraction of sp³-hybridized carbons (Fsp3) is 0.478. The average molecular weight is 439 g/mol. The van der Waals surface area contributed by atoms with Gasteiger partial charge in [0, 0.05) is 83.4 Å². The van der Waals surface area contributed by atoms with E-state index in [0.29, 0.717) is 19.4 Å². The van der Waals surface area contributed by atoms with Crippen LogP contribution in [0.3, 0.4) is 0 Å². The number of pyridine rings is 1. The van der Waals surface area contributed by atoms with E-state index in [1.807, 2.05) is 22.9 Å². The van der Waals surface area contributed by atoms with E-state index in [9.17, 15) is 9.59 Å². The number of aromatic nitrogens is 3. The molecule has 2 aromatic heterocycles. The normalized spacial score (nSPS) is 20.5. The van der Waals surface area contributed by atoms with E-state index in [-0.39, 0.29) is 29.7 Å². The topological polar surface area (TPSA) is 104 Å². The number of aliphatic hydroxyl groups excluding tert-OH is 1. The third-order valence-corrected chi connectivity index (χ3v) is 6.18. The van der Waals surface area contributed by atoms with Gasteiger partial charge in [0.2, 0.25) is 0 Å². The van der Waals surface area contributed by atoms with Crippen molar-refractivity contribution < 1.29 is 14.7 Å². The first-order valence-corrected chi connectivity index (χ1v) is 11.1. The highest BCUT2D eigenvalue weighted by Gasteiger charge is 2.31. The number of nitrogens with one attached hydrogen (secondary N) is 1. The standard InChI is InChI=1S/C23H30N6O3/c30-12-11-28-9-7-27(8-10-28)5-3-24-16-20-21(31)13-19(14-22(20)32)18-1-2-23(26-15-18)29-6-4-25-17-29/h1-2,4,6,15-17,19,24,30H,3,5,7-14H2. The van der Waals surface area contributed by atoms with Gasteiger partial charge in [-0.1, -0.05) is 6.07 Å². The van der Waals surface area contributed by atoms with Gasteiger partial charge in [0.15, 0.2) is 11.6 Å². The van der Waals surface area contributed by atoms with Crippen molar-refractivity contribution in [2.45, 2.75) is 18.8 Å². The van der Waals surface area contributed by atoms with E-state index < -0.39 is 0 Å². The number of aliphatic hydroxyl groups is 1. The van der Waals surface area contributed by atoms with Gasteiger partial charge in [-0.3, -0.25) is 24.0 Å². The minimum atomic E-state index is -0.133. The molecular weight excluding hydrogens is 408 g/mol. The van der Waals surface area contributed by atoms with Gasteiger partial charge in [-0.2, -0.15) is 0 Å². The summed E-state index contributed by atoms with van der Waals surface area (Å²) in [6, 6.07) is 3.81. The van der Waals surface area contributed by atoms with Crippen LogP contribution in [-0.2, 0) is 9.59 Å². The Labute approximate surface area is 187 Å². The largest absolute Gasteiger partial charge is 0.395 e. The maximum atomic E-state index is 12.6. The van der Waals surface area contributed by atoms with E-state index in [1.54, 1.807) is 24.9 Å². The van der Waals surface area contributed by atoms with Crippen LogP contribution < -0.4 is 5.32 Å². The van der Waals surface area contributed by atoms with E-state index >= 15 is 0 Å². The number of Topliss-reactive ketones (excluding diaryl/α,β-unsaturated/α-hetero) is 2. The molecule has 9 heteroatoms. The molecule has 170 valence electrons. The summed E-state index contributed by atoms with van der Waals surface area (Å²) in [6.07, 6.45) is 9.16. The zero-order valence-electron chi connectivity index (χ0n) is 18.2. The van der Waals surface area contributed by atoms with Crippen LogP contribution in [0.25, 0.3) is 5.82 Å². The molecule has 4 rings (SSSR count). The Morgan fingerprint density at radius 3 is 2.38 bits per heavy atom. The van der Waals surface area contributed by atoms with Crippen LogP contribution in [0, 0.1) is 0 Å². The minimum absolute atomic E-state index is 0.116. The number of hydrogen-bond donors (Lipinski definition) is 2. The van der Waals surface area contributed by atoms with Crippen molar-refractivity contribution >= 4 is 11.6 Å². The molecule has 32 heavy (non-hydrogen) atoms. The van der Waals surface area contributed by atoms with Crippen molar-refractivity contribution in [1.29, 1.82) is 0 Å². The fourth-order valence-electron chi connectivity index (χ4n) is 4.25. The summed E-state index contributed by atoms with van der Waals surface area (Å²) in [5.41, 5.74) is 1.18.